The second-order valence-electron chi connectivity index (χ2n) is 5.86. The average molecular weight is 313 g/mol. The summed E-state index contributed by atoms with van der Waals surface area (Å²) in [5, 5.41) is 2.76. The minimum Gasteiger partial charge on any atom is -0.496 e. The predicted octanol–water partition coefficient (Wildman–Crippen LogP) is 4.70. The van der Waals surface area contributed by atoms with Crippen LogP contribution in [-0.4, -0.2) is 13.0 Å². The topological polar surface area (TPSA) is 38.3 Å². The summed E-state index contributed by atoms with van der Waals surface area (Å²) < 4.78 is 18.9. The van der Waals surface area contributed by atoms with Crippen molar-refractivity contribution in [3.63, 3.8) is 0 Å². The lowest BCUT2D eigenvalue weighted by Gasteiger charge is -2.12. The molecule has 1 heterocycles. The van der Waals surface area contributed by atoms with Crippen LogP contribution in [0.15, 0.2) is 36.4 Å². The Hall–Kier alpha value is -2.62. The van der Waals surface area contributed by atoms with Crippen LogP contribution in [-0.2, 0) is 4.79 Å². The summed E-state index contributed by atoms with van der Waals surface area (Å²) in [5.74, 6) is 0.547. The molecule has 2 aromatic rings. The highest BCUT2D eigenvalue weighted by molar-refractivity contribution is 6.34. The predicted molar refractivity (Wildman–Crippen MR) is 92.1 cm³/mol. The van der Waals surface area contributed by atoms with Gasteiger partial charge in [-0.1, -0.05) is 19.9 Å². The third kappa shape index (κ3) is 2.84. The number of halogens is 1. The molecule has 1 aliphatic heterocycles. The van der Waals surface area contributed by atoms with Gasteiger partial charge in [0, 0.05) is 18.3 Å². The Kier molecular flexibility index (Phi) is 3.90. The Labute approximate surface area is 136 Å². The summed E-state index contributed by atoms with van der Waals surface area (Å²) >= 11 is 0. The first-order valence-corrected chi connectivity index (χ1v) is 7.50. The van der Waals surface area contributed by atoms with E-state index in [-0.39, 0.29) is 13.2 Å². The van der Waals surface area contributed by atoms with Crippen LogP contribution < -0.4 is 10.1 Å². The van der Waals surface area contributed by atoms with Gasteiger partial charge in [-0.15, -0.1) is 0 Å². The summed E-state index contributed by atoms with van der Waals surface area (Å²) in [4.78, 5) is 12.2. The Morgan fingerprint density at radius 3 is 2.70 bits per heavy atom. The van der Waals surface area contributed by atoms with Gasteiger partial charge < -0.3 is 10.1 Å². The molecule has 0 aliphatic carbocycles. The van der Waals surface area contributed by atoms with Crippen LogP contribution in [0.4, 0.5) is 10.1 Å². The van der Waals surface area contributed by atoms with Crippen LogP contribution in [0, 0.1) is 5.82 Å². The highest BCUT2D eigenvalue weighted by Gasteiger charge is 2.24. The third-order valence-corrected chi connectivity index (χ3v) is 3.95. The van der Waals surface area contributed by atoms with Crippen molar-refractivity contribution in [3.8, 4) is 5.75 Å². The quantitative estimate of drug-likeness (QED) is 0.834. The normalized spacial score (nSPS) is 15.0. The van der Waals surface area contributed by atoms with Crippen molar-refractivity contribution in [2.24, 2.45) is 0 Å². The van der Waals surface area contributed by atoms with Crippen molar-refractivity contribution >= 4 is 23.2 Å². The molecule has 1 N–H and O–H groups in total. The van der Waals surface area contributed by atoms with Crippen molar-refractivity contribution in [3.05, 3.63) is 58.9 Å². The number of benzene rings is 2. The maximum Gasteiger partial charge on any atom is 0.256 e. The van der Waals surface area contributed by atoms with Gasteiger partial charge >= 0.3 is 0 Å². The summed E-state index contributed by atoms with van der Waals surface area (Å²) in [6.07, 6.45) is 1.78. The lowest BCUT2D eigenvalue weighted by molar-refractivity contribution is -0.110. The second kappa shape index (κ2) is 5.88. The Morgan fingerprint density at radius 2 is 2.00 bits per heavy atom. The van der Waals surface area contributed by atoms with Crippen molar-refractivity contribution in [1.29, 1.82) is 0 Å². The number of ether oxygens (including phenoxy) is 1. The molecule has 0 fully saturated rings. The average Bonchev–Trinajstić information content (AvgIpc) is 2.83. The maximum atomic E-state index is 13.5. The minimum atomic E-state index is -0.358. The standard InChI is InChI=1S/C19H18FNO2.H2/c1-11(2)14-8-12(4-7-18(14)23-3)9-16-15-10-13(20)5-6-17(15)21-19(16)22;/h4-11H,1-3H3,(H,21,22);1H/b16-9+;. The van der Waals surface area contributed by atoms with Crippen LogP contribution in [0.1, 0.15) is 37.9 Å². The van der Waals surface area contributed by atoms with Crippen LogP contribution in [0.5, 0.6) is 5.75 Å². The molecule has 0 unspecified atom stereocenters. The fraction of sp³-hybridized carbons (Fsp3) is 0.211. The number of rotatable bonds is 3. The van der Waals surface area contributed by atoms with Gasteiger partial charge in [-0.05, 0) is 53.5 Å². The monoisotopic (exact) mass is 313 g/mol. The van der Waals surface area contributed by atoms with E-state index in [1.165, 1.54) is 12.1 Å². The number of carbonyl (C=O) groups is 1. The number of amides is 1. The molecule has 0 radical (unpaired) electrons. The molecule has 0 saturated heterocycles. The van der Waals surface area contributed by atoms with E-state index in [4.69, 9.17) is 4.74 Å². The van der Waals surface area contributed by atoms with Crippen molar-refractivity contribution in [2.75, 3.05) is 12.4 Å². The molecule has 1 aliphatic rings. The first-order chi connectivity index (χ1) is 11.0. The lowest BCUT2D eigenvalue weighted by Crippen LogP contribution is -2.03. The largest absolute Gasteiger partial charge is 0.496 e. The van der Waals surface area contributed by atoms with E-state index >= 15 is 0 Å². The minimum absolute atomic E-state index is 0. The molecule has 23 heavy (non-hydrogen) atoms. The molecule has 120 valence electrons. The van der Waals surface area contributed by atoms with E-state index in [9.17, 15) is 9.18 Å². The van der Waals surface area contributed by atoms with E-state index in [1.54, 1.807) is 19.3 Å². The number of fused-ring (bicyclic) bond motifs is 1. The van der Waals surface area contributed by atoms with Crippen LogP contribution >= 0.6 is 0 Å². The van der Waals surface area contributed by atoms with E-state index in [0.29, 0.717) is 22.7 Å². The molecule has 1 amide bonds. The highest BCUT2D eigenvalue weighted by atomic mass is 19.1. The zero-order valence-electron chi connectivity index (χ0n) is 13.3. The fourth-order valence-corrected chi connectivity index (χ4v) is 2.76. The molecule has 0 atom stereocenters. The number of methoxy groups -OCH3 is 1. The fourth-order valence-electron chi connectivity index (χ4n) is 2.76. The zero-order valence-corrected chi connectivity index (χ0v) is 13.3. The number of hydrogen-bond donors (Lipinski definition) is 1. The number of carbonyl (C=O) groups excluding carboxylic acids is 1. The van der Waals surface area contributed by atoms with Crippen LogP contribution in [0.2, 0.25) is 0 Å². The molecule has 3 rings (SSSR count). The molecular weight excluding hydrogens is 293 g/mol. The van der Waals surface area contributed by atoms with Crippen molar-refractivity contribution in [1.82, 2.24) is 0 Å². The SMILES string of the molecule is COc1ccc(/C=C2/C(=O)Nc3ccc(F)cc32)cc1C(C)C.[HH]. The van der Waals surface area contributed by atoms with Gasteiger partial charge in [0.05, 0.1) is 7.11 Å². The van der Waals surface area contributed by atoms with Gasteiger partial charge in [0.25, 0.3) is 5.91 Å². The lowest BCUT2D eigenvalue weighted by atomic mass is 9.97. The Balaban J connectivity index is 0.00000208. The van der Waals surface area contributed by atoms with E-state index in [2.05, 4.69) is 19.2 Å². The first kappa shape index (κ1) is 15.3. The van der Waals surface area contributed by atoms with Crippen LogP contribution in [0.3, 0.4) is 0 Å². The van der Waals surface area contributed by atoms with Gasteiger partial charge in [-0.3, -0.25) is 4.79 Å². The number of anilines is 1. The summed E-state index contributed by atoms with van der Waals surface area (Å²) in [5.41, 5.74) is 3.66. The van der Waals surface area contributed by atoms with E-state index in [0.717, 1.165) is 16.9 Å². The summed E-state index contributed by atoms with van der Waals surface area (Å²) in [7, 11) is 1.64. The molecule has 0 spiro atoms. The maximum absolute atomic E-state index is 13.5. The van der Waals surface area contributed by atoms with Crippen LogP contribution in [0.25, 0.3) is 11.6 Å². The van der Waals surface area contributed by atoms with E-state index in [1.807, 2.05) is 18.2 Å². The van der Waals surface area contributed by atoms with Gasteiger partial charge in [0.2, 0.25) is 0 Å². The molecule has 0 aromatic heterocycles. The van der Waals surface area contributed by atoms with Gasteiger partial charge in [-0.2, -0.15) is 0 Å². The van der Waals surface area contributed by atoms with Crippen molar-refractivity contribution in [2.45, 2.75) is 19.8 Å². The number of nitrogens with one attached hydrogen (secondary N) is 1. The molecule has 0 saturated carbocycles. The van der Waals surface area contributed by atoms with Crippen molar-refractivity contribution < 1.29 is 15.3 Å². The second-order valence-corrected chi connectivity index (χ2v) is 5.86. The Morgan fingerprint density at radius 1 is 1.22 bits per heavy atom. The highest BCUT2D eigenvalue weighted by Crippen LogP contribution is 2.35. The first-order valence-electron chi connectivity index (χ1n) is 7.50. The Bertz CT molecular complexity index is 815. The summed E-state index contributed by atoms with van der Waals surface area (Å²) in [6, 6.07) is 10.1. The van der Waals surface area contributed by atoms with Gasteiger partial charge in [-0.25, -0.2) is 4.39 Å². The zero-order chi connectivity index (χ0) is 16.6. The molecule has 2 aromatic carbocycles. The smallest absolute Gasteiger partial charge is 0.256 e. The molecular formula is C19H20FNO2. The molecule has 3 nitrogen and oxygen atoms in total. The number of hydrogen-bond acceptors (Lipinski definition) is 2. The molecule has 4 heteroatoms. The van der Waals surface area contributed by atoms with Gasteiger partial charge in [0.15, 0.2) is 0 Å². The third-order valence-electron chi connectivity index (χ3n) is 3.95. The summed E-state index contributed by atoms with van der Waals surface area (Å²) in [6.45, 7) is 4.17. The molecule has 0 bridgehead atoms. The van der Waals surface area contributed by atoms with E-state index < -0.39 is 0 Å². The van der Waals surface area contributed by atoms with Gasteiger partial charge in [0.1, 0.15) is 11.6 Å².